The number of likely N-dealkylation sites (N-methyl/N-ethyl adjacent to an activating group) is 2. The lowest BCUT2D eigenvalue weighted by Crippen LogP contribution is -2.57. The van der Waals surface area contributed by atoms with Crippen molar-refractivity contribution < 1.29 is 33.6 Å². The Morgan fingerprint density at radius 2 is 0.710 bits per heavy atom. The van der Waals surface area contributed by atoms with Gasteiger partial charge in [0.1, 0.15) is 12.1 Å². The van der Waals surface area contributed by atoms with Crippen molar-refractivity contribution in [3.63, 3.8) is 0 Å². The number of Topliss-reactive ketones (excluding diaryl/α,β-unsaturated/α-hetero) is 1. The number of unbranched alkanes of at least 4 members (excludes halogenated alkanes) is 6. The van der Waals surface area contributed by atoms with Gasteiger partial charge in [0, 0.05) is 37.1 Å². The SMILES string of the molecule is CNCCCCC(NC)C(=O)NCCCCC(NC(=O)C(CCCCNC)NC(C)(C)C)C(=O)NC(CCCCNC(=O)C(CCCCNC(=O)SNC)NC(=O)C(CCCCNC)NC)C(C)=O. The van der Waals surface area contributed by atoms with Crippen LogP contribution in [0.25, 0.3) is 0 Å². The summed E-state index contributed by atoms with van der Waals surface area (Å²) in [5, 5.41) is 36.4. The Bertz CT molecular complexity index is 1440. The summed E-state index contributed by atoms with van der Waals surface area (Å²) in [6, 6.07) is -3.80. The van der Waals surface area contributed by atoms with E-state index in [4.69, 9.17) is 0 Å². The summed E-state index contributed by atoms with van der Waals surface area (Å²) in [5.74, 6) is -1.61. The van der Waals surface area contributed by atoms with E-state index in [0.29, 0.717) is 83.7 Å². The van der Waals surface area contributed by atoms with Crippen LogP contribution in [-0.4, -0.2) is 164 Å². The molecule has 0 rings (SSSR count). The molecule has 6 unspecified atom stereocenters. The Kier molecular flexibility index (Phi) is 39.1. The number of amides is 6. The molecule has 0 aromatic heterocycles. The maximum atomic E-state index is 14.0. The number of hydrogen-bond acceptors (Lipinski definition) is 15. The molecule has 20 nitrogen and oxygen atoms in total. The van der Waals surface area contributed by atoms with Crippen molar-refractivity contribution in [2.75, 3.05) is 81.6 Å². The van der Waals surface area contributed by atoms with E-state index in [9.17, 15) is 33.6 Å². The minimum Gasteiger partial charge on any atom is -0.355 e. The lowest BCUT2D eigenvalue weighted by Gasteiger charge is -2.30. The van der Waals surface area contributed by atoms with Crippen LogP contribution in [0.2, 0.25) is 0 Å². The lowest BCUT2D eigenvalue weighted by atomic mass is 10.0. The van der Waals surface area contributed by atoms with Gasteiger partial charge in [0.2, 0.25) is 29.5 Å². The molecule has 0 aliphatic rings. The van der Waals surface area contributed by atoms with Crippen molar-refractivity contribution in [1.82, 2.24) is 68.5 Å². The third-order valence-electron chi connectivity index (χ3n) is 11.7. The van der Waals surface area contributed by atoms with Gasteiger partial charge in [0.05, 0.1) is 24.2 Å². The van der Waals surface area contributed by atoms with Gasteiger partial charge in [-0.1, -0.05) is 19.3 Å². The second-order valence-electron chi connectivity index (χ2n) is 18.8. The molecule has 0 aromatic carbocycles. The number of hydrogen-bond donors (Lipinski definition) is 13. The van der Waals surface area contributed by atoms with Crippen molar-refractivity contribution in [1.29, 1.82) is 0 Å². The summed E-state index contributed by atoms with van der Waals surface area (Å²) in [6.45, 7) is 11.1. The van der Waals surface area contributed by atoms with Gasteiger partial charge in [-0.15, -0.1) is 0 Å². The average Bonchev–Trinajstić information content (AvgIpc) is 3.30. The summed E-state index contributed by atoms with van der Waals surface area (Å²) in [7, 11) is 10.8. The van der Waals surface area contributed by atoms with Crippen LogP contribution >= 0.6 is 11.9 Å². The molecule has 0 aliphatic carbocycles. The van der Waals surface area contributed by atoms with Gasteiger partial charge in [0.25, 0.3) is 5.24 Å². The van der Waals surface area contributed by atoms with Gasteiger partial charge in [-0.25, -0.2) is 0 Å². The zero-order valence-electron chi connectivity index (χ0n) is 44.2. The molecule has 0 fully saturated rings. The average molecular weight is 1000 g/mol. The molecule has 0 heterocycles. The first-order valence-electron chi connectivity index (χ1n) is 25.6. The van der Waals surface area contributed by atoms with E-state index >= 15 is 0 Å². The van der Waals surface area contributed by atoms with Crippen molar-refractivity contribution in [3.8, 4) is 0 Å². The van der Waals surface area contributed by atoms with Crippen molar-refractivity contribution in [2.45, 2.75) is 185 Å². The van der Waals surface area contributed by atoms with Crippen LogP contribution in [0.5, 0.6) is 0 Å². The Balaban J connectivity index is 5.78. The van der Waals surface area contributed by atoms with Gasteiger partial charge >= 0.3 is 0 Å². The van der Waals surface area contributed by atoms with E-state index < -0.39 is 36.1 Å². The van der Waals surface area contributed by atoms with E-state index in [1.807, 2.05) is 41.9 Å². The molecule has 6 amide bonds. The fraction of sp³-hybridized carbons (Fsp3) is 0.854. The Hall–Kier alpha value is -3.44. The van der Waals surface area contributed by atoms with Gasteiger partial charge in [0.15, 0.2) is 5.78 Å². The molecule has 6 atom stereocenters. The molecule has 0 saturated heterocycles. The van der Waals surface area contributed by atoms with Crippen LogP contribution in [0, 0.1) is 0 Å². The molecular weight excluding hydrogens is 903 g/mol. The smallest absolute Gasteiger partial charge is 0.294 e. The second-order valence-corrected chi connectivity index (χ2v) is 19.8. The summed E-state index contributed by atoms with van der Waals surface area (Å²) < 4.78 is 2.73. The second kappa shape index (κ2) is 41.2. The highest BCUT2D eigenvalue weighted by Gasteiger charge is 2.30. The highest BCUT2D eigenvalue weighted by molar-refractivity contribution is 8.11. The van der Waals surface area contributed by atoms with Gasteiger partial charge < -0.3 is 63.8 Å². The van der Waals surface area contributed by atoms with Gasteiger partial charge in [-0.05, 0) is 186 Å². The zero-order valence-corrected chi connectivity index (χ0v) is 45.0. The molecule has 0 aromatic rings. The molecule has 0 saturated carbocycles. The van der Waals surface area contributed by atoms with Gasteiger partial charge in [-0.2, -0.15) is 0 Å². The predicted molar refractivity (Wildman–Crippen MR) is 280 cm³/mol. The minimum atomic E-state index is -0.917. The first kappa shape index (κ1) is 65.6. The van der Waals surface area contributed by atoms with Crippen molar-refractivity contribution in [2.24, 2.45) is 0 Å². The molecule has 0 bridgehead atoms. The Morgan fingerprint density at radius 3 is 1.12 bits per heavy atom. The quantitative estimate of drug-likeness (QED) is 0.0305. The summed E-state index contributed by atoms with van der Waals surface area (Å²) in [5.41, 5.74) is -0.361. The molecule has 0 aliphatic heterocycles. The normalized spacial score (nSPS) is 14.1. The Labute approximate surface area is 419 Å². The highest BCUT2D eigenvalue weighted by Crippen LogP contribution is 2.12. The molecule has 69 heavy (non-hydrogen) atoms. The van der Waals surface area contributed by atoms with Crippen LogP contribution in [0.3, 0.4) is 0 Å². The number of carbonyl (C=O) groups is 7. The van der Waals surface area contributed by atoms with Crippen molar-refractivity contribution in [3.05, 3.63) is 0 Å². The predicted octanol–water partition coefficient (Wildman–Crippen LogP) is 1.45. The summed E-state index contributed by atoms with van der Waals surface area (Å²) >= 11 is 0.956. The molecule has 0 spiro atoms. The van der Waals surface area contributed by atoms with E-state index in [0.717, 1.165) is 76.5 Å². The molecule has 402 valence electrons. The number of rotatable bonds is 43. The monoisotopic (exact) mass is 1000 g/mol. The number of nitrogens with one attached hydrogen (secondary N) is 13. The molecule has 0 radical (unpaired) electrons. The largest absolute Gasteiger partial charge is 0.355 e. The van der Waals surface area contributed by atoms with E-state index in [1.54, 1.807) is 21.1 Å². The van der Waals surface area contributed by atoms with Crippen LogP contribution in [0.15, 0.2) is 0 Å². The maximum Gasteiger partial charge on any atom is 0.294 e. The molecule has 13 N–H and O–H groups in total. The standard InChI is InChI=1S/C48H97N13O7S/c1-35(62)36(23-14-20-33-56-43(64)39(26-16-22-34-57-47(68)69-54-10)59-44(65)38(53-9)25-12-18-30-50-6)58-45(66)40(60-46(67)41(61-48(2,3)4)28-13-19-31-51-7)27-15-21-32-55-42(63)37(52-8)24-11-17-29-49-5/h36-41,49-54,61H,11-34H2,1-10H3,(H,55,63)(H,56,64)(H,57,68)(H,58,66)(H,59,65)(H,60,67). The third-order valence-corrected chi connectivity index (χ3v) is 12.2. The summed E-state index contributed by atoms with van der Waals surface area (Å²) in [4.78, 5) is 92.4. The topological polar surface area (TPSA) is 276 Å². The van der Waals surface area contributed by atoms with E-state index in [2.05, 4.69) is 68.5 Å². The first-order valence-corrected chi connectivity index (χ1v) is 26.4. The fourth-order valence-electron chi connectivity index (χ4n) is 7.70. The van der Waals surface area contributed by atoms with Crippen LogP contribution in [0.1, 0.15) is 143 Å². The number of ketones is 1. The summed E-state index contributed by atoms with van der Waals surface area (Å²) in [6.07, 6.45) is 11.6. The van der Waals surface area contributed by atoms with Crippen LogP contribution < -0.4 is 68.5 Å². The van der Waals surface area contributed by atoms with Crippen molar-refractivity contribution >= 4 is 52.5 Å². The van der Waals surface area contributed by atoms with Crippen LogP contribution in [-0.2, 0) is 28.8 Å². The lowest BCUT2D eigenvalue weighted by molar-refractivity contribution is -0.132. The zero-order chi connectivity index (χ0) is 51.9. The van der Waals surface area contributed by atoms with E-state index in [-0.39, 0.29) is 52.8 Å². The number of carbonyl (C=O) groups excluding carboxylic acids is 7. The van der Waals surface area contributed by atoms with E-state index in [1.165, 1.54) is 6.92 Å². The van der Waals surface area contributed by atoms with Crippen LogP contribution in [0.4, 0.5) is 4.79 Å². The highest BCUT2D eigenvalue weighted by atomic mass is 32.2. The van der Waals surface area contributed by atoms with Gasteiger partial charge in [-0.3, -0.25) is 38.3 Å². The molecule has 21 heteroatoms. The minimum absolute atomic E-state index is 0.0719. The Morgan fingerprint density at radius 1 is 0.391 bits per heavy atom. The molecular formula is C48H97N13O7S. The first-order chi connectivity index (χ1) is 33.0. The maximum absolute atomic E-state index is 14.0. The fourth-order valence-corrected chi connectivity index (χ4v) is 8.06. The third kappa shape index (κ3) is 33.7.